The van der Waals surface area contributed by atoms with E-state index in [1.807, 2.05) is 13.0 Å². The molecule has 2 N–H and O–H groups in total. The number of nitrogens with two attached hydrogens (primary N) is 1. The van der Waals surface area contributed by atoms with E-state index in [4.69, 9.17) is 17.3 Å². The third kappa shape index (κ3) is 2.57. The van der Waals surface area contributed by atoms with Crippen molar-refractivity contribution in [1.29, 1.82) is 0 Å². The Kier molecular flexibility index (Phi) is 3.73. The summed E-state index contributed by atoms with van der Waals surface area (Å²) in [4.78, 5) is 12.3. The molecular formula is C14H11BrClNO. The number of nitrogen functional groups attached to an aromatic ring is 1. The maximum absolute atomic E-state index is 12.3. The second-order valence-corrected chi connectivity index (χ2v) is 5.31. The fraction of sp³-hybridized carbons (Fsp3) is 0.0714. The van der Waals surface area contributed by atoms with Crippen molar-refractivity contribution in [3.63, 3.8) is 0 Å². The Bertz CT molecular complexity index is 625. The molecule has 0 amide bonds. The van der Waals surface area contributed by atoms with Crippen LogP contribution in [0.4, 0.5) is 5.69 Å². The van der Waals surface area contributed by atoms with Gasteiger partial charge in [0.15, 0.2) is 5.78 Å². The molecule has 2 aromatic rings. The molecule has 18 heavy (non-hydrogen) atoms. The highest BCUT2D eigenvalue weighted by atomic mass is 79.9. The first-order valence-corrected chi connectivity index (χ1v) is 6.52. The highest BCUT2D eigenvalue weighted by Gasteiger charge is 2.13. The van der Waals surface area contributed by atoms with Crippen molar-refractivity contribution in [2.75, 3.05) is 5.73 Å². The van der Waals surface area contributed by atoms with Crippen molar-refractivity contribution >= 4 is 39.0 Å². The molecule has 4 heteroatoms. The van der Waals surface area contributed by atoms with Gasteiger partial charge in [0.1, 0.15) is 0 Å². The van der Waals surface area contributed by atoms with Crippen LogP contribution in [0.1, 0.15) is 21.5 Å². The number of ketones is 1. The topological polar surface area (TPSA) is 43.1 Å². The van der Waals surface area contributed by atoms with Gasteiger partial charge >= 0.3 is 0 Å². The minimum atomic E-state index is -0.110. The van der Waals surface area contributed by atoms with Gasteiger partial charge in [0.2, 0.25) is 0 Å². The van der Waals surface area contributed by atoms with Gasteiger partial charge in [-0.3, -0.25) is 4.79 Å². The van der Waals surface area contributed by atoms with Crippen LogP contribution in [0.3, 0.4) is 0 Å². The van der Waals surface area contributed by atoms with Crippen LogP contribution in [-0.4, -0.2) is 5.78 Å². The number of benzene rings is 2. The lowest BCUT2D eigenvalue weighted by Crippen LogP contribution is -2.03. The molecular weight excluding hydrogens is 314 g/mol. The Morgan fingerprint density at radius 3 is 2.56 bits per heavy atom. The fourth-order valence-corrected chi connectivity index (χ4v) is 2.33. The molecule has 0 saturated carbocycles. The van der Waals surface area contributed by atoms with Crippen LogP contribution in [0.5, 0.6) is 0 Å². The van der Waals surface area contributed by atoms with Crippen LogP contribution < -0.4 is 5.73 Å². The molecule has 0 atom stereocenters. The fourth-order valence-electron chi connectivity index (χ4n) is 1.63. The van der Waals surface area contributed by atoms with Crippen molar-refractivity contribution < 1.29 is 4.79 Å². The van der Waals surface area contributed by atoms with E-state index in [2.05, 4.69) is 15.9 Å². The van der Waals surface area contributed by atoms with Crippen LogP contribution in [0.15, 0.2) is 40.9 Å². The molecule has 0 bridgehead atoms. The first-order chi connectivity index (χ1) is 8.49. The Labute approximate surface area is 119 Å². The van der Waals surface area contributed by atoms with E-state index in [1.165, 1.54) is 0 Å². The average Bonchev–Trinajstić information content (AvgIpc) is 2.32. The molecule has 2 nitrogen and oxygen atoms in total. The normalized spacial score (nSPS) is 10.4. The lowest BCUT2D eigenvalue weighted by Gasteiger charge is -2.06. The SMILES string of the molecule is Cc1ccc(C(=O)c2ccc(N)c(Br)c2)c(Cl)c1. The zero-order valence-electron chi connectivity index (χ0n) is 9.71. The molecule has 0 saturated heterocycles. The molecule has 0 fully saturated rings. The monoisotopic (exact) mass is 323 g/mol. The molecule has 0 radical (unpaired) electrons. The third-order valence-corrected chi connectivity index (χ3v) is 3.63. The number of halogens is 2. The van der Waals surface area contributed by atoms with Crippen molar-refractivity contribution in [2.45, 2.75) is 6.92 Å². The van der Waals surface area contributed by atoms with Gasteiger partial charge < -0.3 is 5.73 Å². The van der Waals surface area contributed by atoms with Crippen molar-refractivity contribution in [3.8, 4) is 0 Å². The Hall–Kier alpha value is -1.32. The van der Waals surface area contributed by atoms with E-state index in [-0.39, 0.29) is 5.78 Å². The standard InChI is InChI=1S/C14H11BrClNO/c1-8-2-4-10(12(16)6-8)14(18)9-3-5-13(17)11(15)7-9/h2-7H,17H2,1H3. The van der Waals surface area contributed by atoms with Crippen LogP contribution in [0.2, 0.25) is 5.02 Å². The van der Waals surface area contributed by atoms with Gasteiger partial charge in [-0.2, -0.15) is 0 Å². The van der Waals surface area contributed by atoms with E-state index in [0.29, 0.717) is 26.3 Å². The van der Waals surface area contributed by atoms with Crippen LogP contribution in [0.25, 0.3) is 0 Å². The molecule has 0 aliphatic heterocycles. The van der Waals surface area contributed by atoms with Gasteiger partial charge in [-0.1, -0.05) is 17.7 Å². The van der Waals surface area contributed by atoms with E-state index < -0.39 is 0 Å². The molecule has 0 unspecified atom stereocenters. The van der Waals surface area contributed by atoms with Gasteiger partial charge in [0.25, 0.3) is 0 Å². The summed E-state index contributed by atoms with van der Waals surface area (Å²) < 4.78 is 0.705. The second-order valence-electron chi connectivity index (χ2n) is 4.05. The molecule has 2 aromatic carbocycles. The van der Waals surface area contributed by atoms with Crippen molar-refractivity contribution in [2.24, 2.45) is 0 Å². The van der Waals surface area contributed by atoms with E-state index in [9.17, 15) is 4.79 Å². The first-order valence-electron chi connectivity index (χ1n) is 5.35. The lowest BCUT2D eigenvalue weighted by molar-refractivity contribution is 0.103. The maximum Gasteiger partial charge on any atom is 0.194 e. The zero-order chi connectivity index (χ0) is 13.3. The first kappa shape index (κ1) is 13.1. The largest absolute Gasteiger partial charge is 0.398 e. The highest BCUT2D eigenvalue weighted by molar-refractivity contribution is 9.10. The lowest BCUT2D eigenvalue weighted by atomic mass is 10.0. The van der Waals surface area contributed by atoms with Gasteiger partial charge in [0, 0.05) is 21.3 Å². The van der Waals surface area contributed by atoms with Crippen LogP contribution in [-0.2, 0) is 0 Å². The predicted octanol–water partition coefficient (Wildman–Crippen LogP) is 4.22. The Morgan fingerprint density at radius 1 is 1.22 bits per heavy atom. The number of carbonyl (C=O) groups is 1. The maximum atomic E-state index is 12.3. The predicted molar refractivity (Wildman–Crippen MR) is 78.2 cm³/mol. The van der Waals surface area contributed by atoms with Gasteiger partial charge in [-0.25, -0.2) is 0 Å². The summed E-state index contributed by atoms with van der Waals surface area (Å²) in [5, 5.41) is 0.466. The summed E-state index contributed by atoms with van der Waals surface area (Å²) in [5.74, 6) is -0.110. The number of rotatable bonds is 2. The summed E-state index contributed by atoms with van der Waals surface area (Å²) in [7, 11) is 0. The molecule has 2 rings (SSSR count). The zero-order valence-corrected chi connectivity index (χ0v) is 12.0. The average molecular weight is 325 g/mol. The summed E-state index contributed by atoms with van der Waals surface area (Å²) in [5.41, 5.74) is 8.37. The van der Waals surface area contributed by atoms with Crippen LogP contribution >= 0.6 is 27.5 Å². The van der Waals surface area contributed by atoms with Crippen molar-refractivity contribution in [1.82, 2.24) is 0 Å². The molecule has 0 spiro atoms. The quantitative estimate of drug-likeness (QED) is 0.664. The minimum Gasteiger partial charge on any atom is -0.398 e. The number of carbonyl (C=O) groups excluding carboxylic acids is 1. The number of hydrogen-bond donors (Lipinski definition) is 1. The summed E-state index contributed by atoms with van der Waals surface area (Å²) in [6, 6.07) is 10.5. The summed E-state index contributed by atoms with van der Waals surface area (Å²) >= 11 is 9.39. The Balaban J connectivity index is 2.44. The van der Waals surface area contributed by atoms with E-state index in [0.717, 1.165) is 5.56 Å². The number of anilines is 1. The van der Waals surface area contributed by atoms with Crippen molar-refractivity contribution in [3.05, 3.63) is 62.6 Å². The van der Waals surface area contributed by atoms with E-state index >= 15 is 0 Å². The smallest absolute Gasteiger partial charge is 0.194 e. The summed E-state index contributed by atoms with van der Waals surface area (Å²) in [6.45, 7) is 1.93. The van der Waals surface area contributed by atoms with Gasteiger partial charge in [-0.15, -0.1) is 0 Å². The summed E-state index contributed by atoms with van der Waals surface area (Å²) in [6.07, 6.45) is 0. The van der Waals surface area contributed by atoms with Gasteiger partial charge in [-0.05, 0) is 58.7 Å². The number of hydrogen-bond acceptors (Lipinski definition) is 2. The molecule has 0 aliphatic rings. The third-order valence-electron chi connectivity index (χ3n) is 2.63. The number of aryl methyl sites for hydroxylation is 1. The molecule has 0 aliphatic carbocycles. The highest BCUT2D eigenvalue weighted by Crippen LogP contribution is 2.25. The van der Waals surface area contributed by atoms with E-state index in [1.54, 1.807) is 30.3 Å². The van der Waals surface area contributed by atoms with Gasteiger partial charge in [0.05, 0.1) is 5.02 Å². The Morgan fingerprint density at radius 2 is 1.94 bits per heavy atom. The molecule has 92 valence electrons. The minimum absolute atomic E-state index is 0.110. The molecule has 0 aromatic heterocycles. The molecule has 0 heterocycles. The van der Waals surface area contributed by atoms with Crippen LogP contribution in [0, 0.1) is 6.92 Å². The second kappa shape index (κ2) is 5.12.